The second-order valence-corrected chi connectivity index (χ2v) is 8.76. The van der Waals surface area contributed by atoms with Gasteiger partial charge in [0.05, 0.1) is 0 Å². The van der Waals surface area contributed by atoms with Crippen molar-refractivity contribution in [2.24, 2.45) is 0 Å². The number of aromatic nitrogens is 7. The van der Waals surface area contributed by atoms with Crippen molar-refractivity contribution in [2.45, 2.75) is 37.5 Å². The number of fused-ring (bicyclic) bond motifs is 1. The van der Waals surface area contributed by atoms with Gasteiger partial charge in [0, 0.05) is 68.0 Å². The van der Waals surface area contributed by atoms with Crippen LogP contribution in [0.3, 0.4) is 0 Å². The molecule has 0 aromatic carbocycles. The number of hydrogen-bond donors (Lipinski definition) is 2. The van der Waals surface area contributed by atoms with E-state index in [0.717, 1.165) is 69.0 Å². The van der Waals surface area contributed by atoms with Gasteiger partial charge in [-0.2, -0.15) is 10.2 Å². The van der Waals surface area contributed by atoms with Gasteiger partial charge in [0.2, 0.25) is 0 Å². The Labute approximate surface area is 186 Å². The van der Waals surface area contributed by atoms with E-state index in [4.69, 9.17) is 9.97 Å². The van der Waals surface area contributed by atoms with Crippen molar-refractivity contribution in [3.8, 4) is 0 Å². The molecule has 2 fully saturated rings. The van der Waals surface area contributed by atoms with Crippen LogP contribution in [0.15, 0.2) is 42.9 Å². The van der Waals surface area contributed by atoms with E-state index in [1.807, 2.05) is 24.5 Å². The van der Waals surface area contributed by atoms with Gasteiger partial charge in [-0.25, -0.2) is 15.0 Å². The van der Waals surface area contributed by atoms with E-state index in [2.05, 4.69) is 47.3 Å². The number of H-pyrrole nitrogens is 2. The first-order valence-electron chi connectivity index (χ1n) is 11.5. The van der Waals surface area contributed by atoms with Gasteiger partial charge in [-0.05, 0) is 49.9 Å². The third-order valence-electron chi connectivity index (χ3n) is 6.92. The van der Waals surface area contributed by atoms with E-state index in [0.29, 0.717) is 17.5 Å². The molecule has 32 heavy (non-hydrogen) atoms. The Balaban J connectivity index is 1.26. The van der Waals surface area contributed by atoms with E-state index in [1.54, 1.807) is 6.20 Å². The van der Waals surface area contributed by atoms with Crippen LogP contribution in [0.5, 0.6) is 0 Å². The highest BCUT2D eigenvalue weighted by Gasteiger charge is 2.29. The number of rotatable bonds is 4. The molecule has 2 saturated heterocycles. The third-order valence-corrected chi connectivity index (χ3v) is 6.92. The molecule has 4 aromatic rings. The molecule has 0 aliphatic carbocycles. The van der Waals surface area contributed by atoms with Crippen LogP contribution >= 0.6 is 0 Å². The molecule has 4 aromatic heterocycles. The fourth-order valence-electron chi connectivity index (χ4n) is 5.09. The van der Waals surface area contributed by atoms with Gasteiger partial charge in [-0.15, -0.1) is 0 Å². The van der Waals surface area contributed by atoms with Crippen molar-refractivity contribution in [3.05, 3.63) is 54.2 Å². The summed E-state index contributed by atoms with van der Waals surface area (Å²) < 4.78 is 0. The highest BCUT2D eigenvalue weighted by atomic mass is 15.3. The first-order chi connectivity index (χ1) is 15.8. The summed E-state index contributed by atoms with van der Waals surface area (Å²) in [5.41, 5.74) is 4.04. The molecular formula is C23H27N9. The molecule has 0 bridgehead atoms. The Morgan fingerprint density at radius 2 is 1.25 bits per heavy atom. The van der Waals surface area contributed by atoms with Crippen LogP contribution in [0.25, 0.3) is 11.2 Å². The lowest BCUT2D eigenvalue weighted by Gasteiger charge is -2.37. The lowest BCUT2D eigenvalue weighted by molar-refractivity contribution is 0.483. The summed E-state index contributed by atoms with van der Waals surface area (Å²) in [5, 5.41) is 14.5. The minimum absolute atomic E-state index is 0.522. The zero-order valence-corrected chi connectivity index (χ0v) is 18.0. The summed E-state index contributed by atoms with van der Waals surface area (Å²) >= 11 is 0. The zero-order valence-electron chi connectivity index (χ0n) is 18.0. The number of nitrogens with zero attached hydrogens (tertiary/aromatic N) is 7. The van der Waals surface area contributed by atoms with Crippen LogP contribution in [0.2, 0.25) is 0 Å². The molecule has 0 radical (unpaired) electrons. The molecule has 2 N–H and O–H groups in total. The smallest absolute Gasteiger partial charge is 0.180 e. The highest BCUT2D eigenvalue weighted by molar-refractivity contribution is 5.78. The maximum absolute atomic E-state index is 5.05. The predicted molar refractivity (Wildman–Crippen MR) is 123 cm³/mol. The fraction of sp³-hybridized carbons (Fsp3) is 0.435. The largest absolute Gasteiger partial charge is 0.353 e. The monoisotopic (exact) mass is 429 g/mol. The van der Waals surface area contributed by atoms with E-state index < -0.39 is 0 Å². The van der Waals surface area contributed by atoms with Crippen LogP contribution in [-0.2, 0) is 0 Å². The standard InChI is InChI=1S/C23H27N9/c1-2-20-21(24-9-1)28-23(32-14-7-17(8-15-32)19-4-11-26-30-19)22(27-20)31-12-5-16(6-13-31)18-3-10-25-29-18/h1-4,9-11,16-17H,5-8,12-15H2,(H,25,29)(H,26,30). The van der Waals surface area contributed by atoms with Gasteiger partial charge in [-0.3, -0.25) is 10.2 Å². The second kappa shape index (κ2) is 8.22. The first-order valence-corrected chi connectivity index (χ1v) is 11.5. The molecule has 0 amide bonds. The van der Waals surface area contributed by atoms with Crippen molar-refractivity contribution in [2.75, 3.05) is 36.0 Å². The number of hydrogen-bond acceptors (Lipinski definition) is 7. The minimum Gasteiger partial charge on any atom is -0.353 e. The summed E-state index contributed by atoms with van der Waals surface area (Å²) in [7, 11) is 0. The Morgan fingerprint density at radius 3 is 1.78 bits per heavy atom. The average Bonchev–Trinajstić information content (AvgIpc) is 3.58. The molecule has 2 aliphatic rings. The average molecular weight is 430 g/mol. The van der Waals surface area contributed by atoms with Crippen molar-refractivity contribution in [1.82, 2.24) is 35.3 Å². The number of aromatic amines is 2. The van der Waals surface area contributed by atoms with E-state index >= 15 is 0 Å². The van der Waals surface area contributed by atoms with Crippen molar-refractivity contribution in [3.63, 3.8) is 0 Å². The molecule has 9 heteroatoms. The third kappa shape index (κ3) is 3.57. The summed E-state index contributed by atoms with van der Waals surface area (Å²) in [6.07, 6.45) is 9.78. The van der Waals surface area contributed by atoms with Gasteiger partial charge >= 0.3 is 0 Å². The topological polar surface area (TPSA) is 103 Å². The molecule has 9 nitrogen and oxygen atoms in total. The molecule has 0 unspecified atom stereocenters. The highest BCUT2D eigenvalue weighted by Crippen LogP contribution is 2.36. The second-order valence-electron chi connectivity index (χ2n) is 8.76. The quantitative estimate of drug-likeness (QED) is 0.513. The van der Waals surface area contributed by atoms with Crippen molar-refractivity contribution < 1.29 is 0 Å². The summed E-state index contributed by atoms with van der Waals surface area (Å²) in [4.78, 5) is 19.3. The maximum atomic E-state index is 5.05. The van der Waals surface area contributed by atoms with Gasteiger partial charge in [-0.1, -0.05) is 0 Å². The molecule has 6 rings (SSSR count). The lowest BCUT2D eigenvalue weighted by atomic mass is 9.93. The van der Waals surface area contributed by atoms with E-state index in [9.17, 15) is 0 Å². The van der Waals surface area contributed by atoms with Gasteiger partial charge in [0.1, 0.15) is 5.52 Å². The van der Waals surface area contributed by atoms with Gasteiger partial charge < -0.3 is 9.80 Å². The number of piperidine rings is 2. The van der Waals surface area contributed by atoms with Crippen LogP contribution in [0.1, 0.15) is 48.9 Å². The molecule has 2 aliphatic heterocycles. The Bertz CT molecular complexity index is 1060. The fourth-order valence-corrected chi connectivity index (χ4v) is 5.09. The van der Waals surface area contributed by atoms with E-state index in [1.165, 1.54) is 11.4 Å². The Morgan fingerprint density at radius 1 is 0.688 bits per heavy atom. The predicted octanol–water partition coefficient (Wildman–Crippen LogP) is 3.24. The lowest BCUT2D eigenvalue weighted by Crippen LogP contribution is -2.38. The van der Waals surface area contributed by atoms with Crippen LogP contribution < -0.4 is 9.80 Å². The SMILES string of the molecule is c1cnc2nc(N3CCC(c4ccn[nH]4)CC3)c(N3CCC(c4ccn[nH]4)CC3)nc2c1. The molecule has 0 spiro atoms. The summed E-state index contributed by atoms with van der Waals surface area (Å²) in [6, 6.07) is 8.12. The van der Waals surface area contributed by atoms with E-state index in [-0.39, 0.29) is 0 Å². The number of pyridine rings is 1. The molecule has 0 atom stereocenters. The Hall–Kier alpha value is -3.49. The maximum Gasteiger partial charge on any atom is 0.180 e. The zero-order chi connectivity index (χ0) is 21.3. The summed E-state index contributed by atoms with van der Waals surface area (Å²) in [5.74, 6) is 3.01. The molecular weight excluding hydrogens is 402 g/mol. The number of anilines is 2. The van der Waals surface area contributed by atoms with Gasteiger partial charge in [0.15, 0.2) is 17.3 Å². The first kappa shape index (κ1) is 19.2. The normalized spacial score (nSPS) is 18.5. The van der Waals surface area contributed by atoms with Gasteiger partial charge in [0.25, 0.3) is 0 Å². The number of nitrogens with one attached hydrogen (secondary N) is 2. The van der Waals surface area contributed by atoms with Crippen LogP contribution in [0.4, 0.5) is 11.6 Å². The minimum atomic E-state index is 0.522. The van der Waals surface area contributed by atoms with Crippen molar-refractivity contribution in [1.29, 1.82) is 0 Å². The molecule has 164 valence electrons. The van der Waals surface area contributed by atoms with Crippen molar-refractivity contribution >= 4 is 22.8 Å². The van der Waals surface area contributed by atoms with Crippen LogP contribution in [0, 0.1) is 0 Å². The Kier molecular flexibility index (Phi) is 4.93. The summed E-state index contributed by atoms with van der Waals surface area (Å²) in [6.45, 7) is 3.83. The molecule has 0 saturated carbocycles. The molecule has 6 heterocycles. The van der Waals surface area contributed by atoms with Crippen LogP contribution in [-0.4, -0.2) is 61.5 Å².